The lowest BCUT2D eigenvalue weighted by atomic mass is 9.80. The first-order chi connectivity index (χ1) is 31.5. The van der Waals surface area contributed by atoms with Crippen LogP contribution in [-0.2, 0) is 0 Å². The van der Waals surface area contributed by atoms with Crippen molar-refractivity contribution in [3.63, 3.8) is 0 Å². The van der Waals surface area contributed by atoms with Crippen LogP contribution in [0.4, 0.5) is 0 Å². The molecule has 324 valence electrons. The zero-order valence-corrected chi connectivity index (χ0v) is 38.6. The Labute approximate surface area is 383 Å². The second-order valence-electron chi connectivity index (χ2n) is 16.1. The molecule has 3 heteroatoms. The van der Waals surface area contributed by atoms with Gasteiger partial charge in [-0.1, -0.05) is 203 Å². The van der Waals surface area contributed by atoms with E-state index in [0.29, 0.717) is 5.92 Å². The fourth-order valence-electron chi connectivity index (χ4n) is 8.65. The summed E-state index contributed by atoms with van der Waals surface area (Å²) in [6.45, 7) is 17.4. The van der Waals surface area contributed by atoms with Gasteiger partial charge in [-0.2, -0.15) is 0 Å². The van der Waals surface area contributed by atoms with Gasteiger partial charge in [-0.05, 0) is 125 Å². The zero-order chi connectivity index (χ0) is 45.3. The summed E-state index contributed by atoms with van der Waals surface area (Å²) in [5.74, 6) is 0.545. The van der Waals surface area contributed by atoms with Gasteiger partial charge in [0, 0.05) is 29.3 Å². The summed E-state index contributed by atoms with van der Waals surface area (Å²) >= 11 is 0. The normalized spacial score (nSPS) is 22.7. The molecule has 8 rings (SSSR count). The van der Waals surface area contributed by atoms with E-state index in [-0.39, 0.29) is 12.0 Å². The minimum absolute atomic E-state index is 0.179. The topological polar surface area (TPSA) is 51.3 Å². The highest BCUT2D eigenvalue weighted by Gasteiger charge is 2.27. The van der Waals surface area contributed by atoms with Crippen LogP contribution in [0.25, 0.3) is 27.6 Å². The van der Waals surface area contributed by atoms with Crippen molar-refractivity contribution >= 4 is 33.8 Å². The van der Waals surface area contributed by atoms with Gasteiger partial charge in [0.15, 0.2) is 0 Å². The number of dihydropyridines is 1. The Balaban J connectivity index is 0.00000165. The smallest absolute Gasteiger partial charge is 0.0848 e. The zero-order valence-electron chi connectivity index (χ0n) is 38.6. The van der Waals surface area contributed by atoms with Gasteiger partial charge in [-0.3, -0.25) is 9.98 Å². The molecule has 0 radical (unpaired) electrons. The second kappa shape index (κ2) is 23.7. The SMILES string of the molecule is C=C/C(=C\CC(C)C(=C)/C=C(\C=C(/C)C1=CC=C(C2=CC=CC3C=CC=NC23)CC1)c1ccc(\C2=C\C\C=C/C=C/C2=C2/C=CC=CC2)cc1)c1cccc2cccnc12.CC.CN. The molecule has 1 aliphatic heterocycles. The van der Waals surface area contributed by atoms with Crippen molar-refractivity contribution in [2.45, 2.75) is 65.8 Å². The number of benzene rings is 2. The van der Waals surface area contributed by atoms with Crippen molar-refractivity contribution in [1.82, 2.24) is 4.98 Å². The van der Waals surface area contributed by atoms with Crippen LogP contribution >= 0.6 is 0 Å². The average molecular weight is 840 g/mol. The van der Waals surface area contributed by atoms with Crippen molar-refractivity contribution in [3.8, 4) is 0 Å². The number of aliphatic imine (C=N–C) groups is 1. The number of rotatable bonds is 11. The van der Waals surface area contributed by atoms with E-state index in [2.05, 4.69) is 197 Å². The van der Waals surface area contributed by atoms with E-state index in [1.807, 2.05) is 38.4 Å². The Morgan fingerprint density at radius 2 is 1.62 bits per heavy atom. The van der Waals surface area contributed by atoms with Gasteiger partial charge >= 0.3 is 0 Å². The van der Waals surface area contributed by atoms with Gasteiger partial charge < -0.3 is 5.73 Å². The highest BCUT2D eigenvalue weighted by molar-refractivity contribution is 5.93. The first kappa shape index (κ1) is 46.8. The standard InChI is InChI=1S/C58H54N2.C2H6.CH5N/c1-5-44(55-25-13-19-50-21-15-37-59-57(50)55)28-27-41(2)42(3)39-52(40-43(4)45-29-33-49(34-30-45)56-26-14-20-51-22-16-38-60-58(51)56)46-31-35-48(36-32-46)54-24-12-7-6-11-23-53(54)47-17-9-8-10-18-47;2*1-2/h5-11,13-17,19-26,28-29,31-33,35-41,51,58H,1,3,12,18,27,30,34H2,2,4H3;1-2H3;2H2,1H3/b7-6-,23-11+,43-40+,44-28+,52-39+,53-47+,54-24-;;. The van der Waals surface area contributed by atoms with E-state index in [4.69, 9.17) is 9.98 Å². The number of allylic oxidation sites excluding steroid dienone is 26. The molecule has 1 aromatic heterocycles. The maximum atomic E-state index is 4.86. The van der Waals surface area contributed by atoms with E-state index in [1.54, 1.807) is 0 Å². The van der Waals surface area contributed by atoms with Crippen LogP contribution in [0.3, 0.4) is 0 Å². The minimum atomic E-state index is 0.179. The third-order valence-electron chi connectivity index (χ3n) is 12.2. The summed E-state index contributed by atoms with van der Waals surface area (Å²) in [5, 5.41) is 1.13. The molecule has 0 saturated carbocycles. The molecule has 64 heavy (non-hydrogen) atoms. The van der Waals surface area contributed by atoms with Gasteiger partial charge in [0.05, 0.1) is 11.6 Å². The summed E-state index contributed by atoms with van der Waals surface area (Å²) in [7, 11) is 1.50. The van der Waals surface area contributed by atoms with Crippen molar-refractivity contribution in [3.05, 3.63) is 251 Å². The Bertz CT molecular complexity index is 2660. The molecule has 4 aliphatic carbocycles. The van der Waals surface area contributed by atoms with Crippen LogP contribution in [0, 0.1) is 11.8 Å². The van der Waals surface area contributed by atoms with E-state index < -0.39 is 0 Å². The first-order valence-electron chi connectivity index (χ1n) is 23.0. The van der Waals surface area contributed by atoms with E-state index in [9.17, 15) is 0 Å². The molecule has 0 fully saturated rings. The lowest BCUT2D eigenvalue weighted by Crippen LogP contribution is -2.23. The summed E-state index contributed by atoms with van der Waals surface area (Å²) < 4.78 is 0. The van der Waals surface area contributed by atoms with Crippen LogP contribution < -0.4 is 5.73 Å². The number of para-hydroxylation sites is 1. The molecule has 2 N–H and O–H groups in total. The first-order valence-corrected chi connectivity index (χ1v) is 23.0. The number of pyridine rings is 1. The highest BCUT2D eigenvalue weighted by atomic mass is 14.8. The molecule has 2 heterocycles. The van der Waals surface area contributed by atoms with Gasteiger partial charge in [0.2, 0.25) is 0 Å². The maximum absolute atomic E-state index is 4.86. The van der Waals surface area contributed by atoms with E-state index in [0.717, 1.165) is 65.3 Å². The van der Waals surface area contributed by atoms with Crippen molar-refractivity contribution in [2.75, 3.05) is 7.05 Å². The predicted molar refractivity (Wildman–Crippen MR) is 281 cm³/mol. The van der Waals surface area contributed by atoms with Gasteiger partial charge in [0.25, 0.3) is 0 Å². The largest absolute Gasteiger partial charge is 0.333 e. The Hall–Kier alpha value is -6.68. The van der Waals surface area contributed by atoms with Gasteiger partial charge in [0.1, 0.15) is 0 Å². The van der Waals surface area contributed by atoms with Crippen molar-refractivity contribution in [2.24, 2.45) is 22.6 Å². The monoisotopic (exact) mass is 840 g/mol. The summed E-state index contributed by atoms with van der Waals surface area (Å²) in [6, 6.07) is 19.8. The fraction of sp³-hybridized carbons (Fsp3) is 0.213. The molecule has 5 aliphatic rings. The number of nitrogens with zero attached hydrogens (tertiary/aromatic N) is 2. The van der Waals surface area contributed by atoms with E-state index >= 15 is 0 Å². The molecule has 3 aromatic rings. The molecule has 0 bridgehead atoms. The van der Waals surface area contributed by atoms with Crippen LogP contribution in [0.5, 0.6) is 0 Å². The predicted octanol–water partition coefficient (Wildman–Crippen LogP) is 15.5. The third kappa shape index (κ3) is 11.5. The average Bonchev–Trinajstić information content (AvgIpc) is 3.35. The number of hydrogen-bond donors (Lipinski definition) is 1. The van der Waals surface area contributed by atoms with Crippen LogP contribution in [0.1, 0.15) is 76.5 Å². The molecule has 0 saturated heterocycles. The molecule has 0 spiro atoms. The quantitative estimate of drug-likeness (QED) is 0.196. The molecule has 3 unspecified atom stereocenters. The lowest BCUT2D eigenvalue weighted by molar-refractivity contribution is 0.647. The van der Waals surface area contributed by atoms with Crippen molar-refractivity contribution in [1.29, 1.82) is 0 Å². The molecule has 3 atom stereocenters. The van der Waals surface area contributed by atoms with Gasteiger partial charge in [-0.25, -0.2) is 0 Å². The minimum Gasteiger partial charge on any atom is -0.333 e. The Morgan fingerprint density at radius 1 is 0.844 bits per heavy atom. The van der Waals surface area contributed by atoms with Crippen LogP contribution in [0.15, 0.2) is 239 Å². The lowest BCUT2D eigenvalue weighted by Gasteiger charge is -2.29. The molecular weight excluding hydrogens is 775 g/mol. The second-order valence-corrected chi connectivity index (χ2v) is 16.1. The Morgan fingerprint density at radius 3 is 2.39 bits per heavy atom. The maximum Gasteiger partial charge on any atom is 0.0848 e. The number of hydrogen-bond acceptors (Lipinski definition) is 3. The molecular formula is C61H65N3. The highest BCUT2D eigenvalue weighted by Crippen LogP contribution is 2.38. The number of aromatic nitrogens is 1. The number of nitrogens with two attached hydrogens (primary N) is 1. The fourth-order valence-corrected chi connectivity index (χ4v) is 8.65. The summed E-state index contributed by atoms with van der Waals surface area (Å²) in [6.07, 6.45) is 53.0. The molecule has 0 amide bonds. The van der Waals surface area contributed by atoms with Crippen molar-refractivity contribution < 1.29 is 0 Å². The van der Waals surface area contributed by atoms with E-state index in [1.165, 1.54) is 57.2 Å². The Kier molecular flexibility index (Phi) is 17.3. The molecule has 2 aromatic carbocycles. The third-order valence-corrected chi connectivity index (χ3v) is 12.2. The van der Waals surface area contributed by atoms with Crippen LogP contribution in [0.2, 0.25) is 0 Å². The summed E-state index contributed by atoms with van der Waals surface area (Å²) in [5.41, 5.74) is 21.6. The summed E-state index contributed by atoms with van der Waals surface area (Å²) in [4.78, 5) is 9.56. The van der Waals surface area contributed by atoms with Crippen LogP contribution in [-0.4, -0.2) is 24.3 Å². The number of fused-ring (bicyclic) bond motifs is 2. The van der Waals surface area contributed by atoms with Gasteiger partial charge in [-0.15, -0.1) is 0 Å². The molecule has 3 nitrogen and oxygen atoms in total.